The van der Waals surface area contributed by atoms with Gasteiger partial charge in [0.15, 0.2) is 6.17 Å². The molecule has 5 heteroatoms. The van der Waals surface area contributed by atoms with E-state index in [1.807, 2.05) is 0 Å². The van der Waals surface area contributed by atoms with Crippen molar-refractivity contribution in [3.63, 3.8) is 0 Å². The Morgan fingerprint density at radius 2 is 1.57 bits per heavy atom. The van der Waals surface area contributed by atoms with Crippen LogP contribution < -0.4 is 0 Å². The number of halogens is 3. The highest BCUT2D eigenvalue weighted by Gasteiger charge is 2.73. The molecular weight excluding hydrogens is 305 g/mol. The van der Waals surface area contributed by atoms with Crippen LogP contribution in [0, 0.1) is 46.8 Å². The van der Waals surface area contributed by atoms with Crippen LogP contribution in [0.4, 0.5) is 13.2 Å². The minimum Gasteiger partial charge on any atom is -0.462 e. The minimum atomic E-state index is -3.08. The second-order valence-electron chi connectivity index (χ2n) is 8.81. The summed E-state index contributed by atoms with van der Waals surface area (Å²) in [5.74, 6) is 3.76. The molecule has 0 radical (unpaired) electrons. The van der Waals surface area contributed by atoms with Gasteiger partial charge < -0.3 is 4.74 Å². The summed E-state index contributed by atoms with van der Waals surface area (Å²) < 4.78 is 43.1. The van der Waals surface area contributed by atoms with Crippen LogP contribution in [0.5, 0.6) is 0 Å². The maximum absolute atomic E-state index is 13.2. The van der Waals surface area contributed by atoms with E-state index >= 15 is 0 Å². The van der Waals surface area contributed by atoms with Gasteiger partial charge in [-0.15, -0.1) is 0 Å². The van der Waals surface area contributed by atoms with Crippen molar-refractivity contribution in [2.75, 3.05) is 6.61 Å². The van der Waals surface area contributed by atoms with E-state index in [0.717, 1.165) is 31.1 Å². The summed E-state index contributed by atoms with van der Waals surface area (Å²) in [6.45, 7) is -0.787. The molecule has 0 aromatic rings. The molecule has 7 fully saturated rings. The molecule has 23 heavy (non-hydrogen) atoms. The normalized spacial score (nSPS) is 53.1. The lowest BCUT2D eigenvalue weighted by Gasteiger charge is -2.73. The largest absolute Gasteiger partial charge is 0.462 e. The molecule has 0 amide bonds. The molecule has 5 unspecified atom stereocenters. The Morgan fingerprint density at radius 1 is 0.957 bits per heavy atom. The van der Waals surface area contributed by atoms with Gasteiger partial charge in [0.2, 0.25) is 0 Å². The number of alkyl halides is 3. The predicted octanol–water partition coefficient (Wildman–Crippen LogP) is 3.84. The zero-order valence-electron chi connectivity index (χ0n) is 13.1. The smallest absolute Gasteiger partial charge is 0.312 e. The van der Waals surface area contributed by atoms with Gasteiger partial charge in [0.25, 0.3) is 6.43 Å². The monoisotopic (exact) mass is 328 g/mol. The molecule has 7 saturated carbocycles. The first-order chi connectivity index (χ1) is 11.0. The SMILES string of the molecule is O=C(OCC(F)C(F)F)C12CC3CC4C5CC(CC41)CC2C5C3. The Balaban J connectivity index is 1.44. The quantitative estimate of drug-likeness (QED) is 0.733. The van der Waals surface area contributed by atoms with Gasteiger partial charge in [-0.25, -0.2) is 13.2 Å². The van der Waals surface area contributed by atoms with Crippen LogP contribution in [0.15, 0.2) is 0 Å². The fourth-order valence-corrected chi connectivity index (χ4v) is 7.70. The molecule has 5 atom stereocenters. The van der Waals surface area contributed by atoms with E-state index < -0.39 is 24.6 Å². The summed E-state index contributed by atoms with van der Waals surface area (Å²) in [7, 11) is 0. The molecule has 0 spiro atoms. The molecule has 2 nitrogen and oxygen atoms in total. The van der Waals surface area contributed by atoms with Gasteiger partial charge in [-0.1, -0.05) is 0 Å². The number of esters is 1. The highest BCUT2D eigenvalue weighted by Crippen LogP contribution is 2.76. The molecule has 7 aliphatic rings. The summed E-state index contributed by atoms with van der Waals surface area (Å²) >= 11 is 0. The van der Waals surface area contributed by atoms with Crippen LogP contribution in [-0.2, 0) is 9.53 Å². The number of hydrogen-bond acceptors (Lipinski definition) is 2. The van der Waals surface area contributed by atoms with E-state index in [9.17, 15) is 18.0 Å². The number of hydrogen-bond donors (Lipinski definition) is 0. The van der Waals surface area contributed by atoms with Gasteiger partial charge in [-0.2, -0.15) is 0 Å². The summed E-state index contributed by atoms with van der Waals surface area (Å²) in [5, 5.41) is 0. The zero-order valence-corrected chi connectivity index (χ0v) is 13.1. The maximum Gasteiger partial charge on any atom is 0.312 e. The van der Waals surface area contributed by atoms with Crippen molar-refractivity contribution < 1.29 is 22.7 Å². The minimum absolute atomic E-state index is 0.353. The Morgan fingerprint density at radius 3 is 2.17 bits per heavy atom. The summed E-state index contributed by atoms with van der Waals surface area (Å²) in [5.41, 5.74) is -0.467. The molecule has 0 heterocycles. The van der Waals surface area contributed by atoms with Gasteiger partial charge in [0.1, 0.15) is 6.61 Å². The van der Waals surface area contributed by atoms with E-state index in [4.69, 9.17) is 4.74 Å². The van der Waals surface area contributed by atoms with E-state index in [-0.39, 0.29) is 5.97 Å². The molecule has 0 aromatic carbocycles. The first-order valence-electron chi connectivity index (χ1n) is 9.10. The molecule has 0 saturated heterocycles. The van der Waals surface area contributed by atoms with Crippen molar-refractivity contribution in [3.8, 4) is 0 Å². The molecule has 8 bridgehead atoms. The van der Waals surface area contributed by atoms with Crippen LogP contribution in [0.2, 0.25) is 0 Å². The van der Waals surface area contributed by atoms with Crippen molar-refractivity contribution in [2.45, 2.75) is 51.1 Å². The van der Waals surface area contributed by atoms with Crippen molar-refractivity contribution in [1.82, 2.24) is 0 Å². The summed E-state index contributed by atoms with van der Waals surface area (Å²) in [4.78, 5) is 12.9. The van der Waals surface area contributed by atoms with E-state index in [1.54, 1.807) is 0 Å². The van der Waals surface area contributed by atoms with Gasteiger partial charge in [0, 0.05) is 0 Å². The maximum atomic E-state index is 13.2. The first kappa shape index (κ1) is 14.6. The summed E-state index contributed by atoms with van der Waals surface area (Å²) in [6.07, 6.45) is 1.43. The Bertz CT molecular complexity index is 512. The average Bonchev–Trinajstić information content (AvgIpc) is 2.56. The fraction of sp³-hybridized carbons (Fsp3) is 0.944. The topological polar surface area (TPSA) is 26.3 Å². The highest BCUT2D eigenvalue weighted by molar-refractivity contribution is 5.79. The average molecular weight is 328 g/mol. The van der Waals surface area contributed by atoms with Crippen LogP contribution in [0.1, 0.15) is 38.5 Å². The second kappa shape index (κ2) is 4.66. The van der Waals surface area contributed by atoms with E-state index in [1.165, 1.54) is 19.3 Å². The summed E-state index contributed by atoms with van der Waals surface area (Å²) in [6, 6.07) is 0. The predicted molar refractivity (Wildman–Crippen MR) is 76.4 cm³/mol. The third-order valence-electron chi connectivity index (χ3n) is 8.10. The number of ether oxygens (including phenoxy) is 1. The van der Waals surface area contributed by atoms with Gasteiger partial charge >= 0.3 is 5.97 Å². The third-order valence-corrected chi connectivity index (χ3v) is 8.10. The van der Waals surface area contributed by atoms with Crippen LogP contribution in [-0.4, -0.2) is 25.2 Å². The standard InChI is InChI=1S/C18H23F3O2/c19-15(16(20)21)7-23-17(22)18-6-9-2-11-10-1-8(4-13(11)18)5-14(18)12(10)3-9/h8-16H,1-7H2. The van der Waals surface area contributed by atoms with Crippen molar-refractivity contribution in [1.29, 1.82) is 0 Å². The molecule has 128 valence electrons. The lowest BCUT2D eigenvalue weighted by molar-refractivity contribution is -0.260. The molecule has 7 rings (SSSR count). The van der Waals surface area contributed by atoms with E-state index in [2.05, 4.69) is 0 Å². The highest BCUT2D eigenvalue weighted by atomic mass is 19.3. The first-order valence-corrected chi connectivity index (χ1v) is 9.10. The zero-order chi connectivity index (χ0) is 15.9. The van der Waals surface area contributed by atoms with Gasteiger partial charge in [-0.05, 0) is 80.0 Å². The van der Waals surface area contributed by atoms with Crippen LogP contribution >= 0.6 is 0 Å². The lowest BCUT2D eigenvalue weighted by Crippen LogP contribution is -2.70. The molecule has 0 aliphatic heterocycles. The molecule has 0 aromatic heterocycles. The second-order valence-corrected chi connectivity index (χ2v) is 8.81. The number of carbonyl (C=O) groups excluding carboxylic acids is 1. The van der Waals surface area contributed by atoms with Crippen LogP contribution in [0.25, 0.3) is 0 Å². The number of rotatable bonds is 4. The molecule has 7 aliphatic carbocycles. The third kappa shape index (κ3) is 1.74. The number of carbonyl (C=O) groups is 1. The lowest BCUT2D eigenvalue weighted by atomic mass is 9.31. The van der Waals surface area contributed by atoms with Crippen molar-refractivity contribution in [2.24, 2.45) is 46.8 Å². The van der Waals surface area contributed by atoms with Crippen LogP contribution in [0.3, 0.4) is 0 Å². The Hall–Kier alpha value is -0.740. The van der Waals surface area contributed by atoms with Gasteiger partial charge in [0.05, 0.1) is 5.41 Å². The Labute approximate surface area is 134 Å². The molecule has 0 N–H and O–H groups in total. The Kier molecular flexibility index (Phi) is 2.96. The van der Waals surface area contributed by atoms with Crippen molar-refractivity contribution in [3.05, 3.63) is 0 Å². The van der Waals surface area contributed by atoms with Gasteiger partial charge in [-0.3, -0.25) is 4.79 Å². The fourth-order valence-electron chi connectivity index (χ4n) is 7.70. The molecular formula is C18H23F3O2. The van der Waals surface area contributed by atoms with E-state index in [0.29, 0.717) is 29.6 Å². The van der Waals surface area contributed by atoms with Crippen molar-refractivity contribution >= 4 is 5.97 Å².